The van der Waals surface area contributed by atoms with Crippen LogP contribution < -0.4 is 15.6 Å². The monoisotopic (exact) mass is 652 g/mol. The molecule has 5 N–H and O–H groups in total. The van der Waals surface area contributed by atoms with Crippen LogP contribution in [0.3, 0.4) is 0 Å². The van der Waals surface area contributed by atoms with E-state index in [4.69, 9.17) is 33.7 Å². The van der Waals surface area contributed by atoms with Crippen molar-refractivity contribution < 1.29 is 52.4 Å². The number of anilines is 1. The van der Waals surface area contributed by atoms with Gasteiger partial charge in [-0.2, -0.15) is 9.97 Å². The Morgan fingerprint density at radius 2 is 1.89 bits per heavy atom. The molecule has 45 heavy (non-hydrogen) atoms. The summed E-state index contributed by atoms with van der Waals surface area (Å²) >= 11 is 0. The Labute approximate surface area is 258 Å². The van der Waals surface area contributed by atoms with E-state index in [9.17, 15) is 24.4 Å². The van der Waals surface area contributed by atoms with Gasteiger partial charge in [-0.15, -0.1) is 0 Å². The van der Waals surface area contributed by atoms with E-state index in [0.29, 0.717) is 5.56 Å². The summed E-state index contributed by atoms with van der Waals surface area (Å²) in [6.07, 6.45) is -2.82. The van der Waals surface area contributed by atoms with Gasteiger partial charge >= 0.3 is 19.7 Å². The molecule has 4 rings (SSSR count). The van der Waals surface area contributed by atoms with Crippen LogP contribution >= 0.6 is 7.75 Å². The first-order valence-electron chi connectivity index (χ1n) is 14.0. The number of nitrogen functional groups attached to an aromatic ring is 1. The van der Waals surface area contributed by atoms with Crippen molar-refractivity contribution in [3.05, 3.63) is 42.2 Å². The van der Waals surface area contributed by atoms with Crippen molar-refractivity contribution in [3.63, 3.8) is 0 Å². The van der Waals surface area contributed by atoms with Crippen molar-refractivity contribution >= 4 is 36.8 Å². The van der Waals surface area contributed by atoms with Crippen LogP contribution in [0.4, 0.5) is 5.95 Å². The second-order valence-corrected chi connectivity index (χ2v) is 11.9. The highest BCUT2D eigenvalue weighted by molar-refractivity contribution is 7.51. The number of ether oxygens (including phenoxy) is 4. The largest absolute Gasteiger partial charge is 0.479 e. The van der Waals surface area contributed by atoms with Gasteiger partial charge < -0.3 is 34.9 Å². The molecule has 1 unspecified atom stereocenters. The summed E-state index contributed by atoms with van der Waals surface area (Å²) in [6, 6.07) is 7.64. The minimum absolute atomic E-state index is 0.0390. The fourth-order valence-corrected chi connectivity index (χ4v) is 6.11. The van der Waals surface area contributed by atoms with Crippen LogP contribution in [0.5, 0.6) is 5.88 Å². The van der Waals surface area contributed by atoms with Crippen molar-refractivity contribution in [3.8, 4) is 5.88 Å². The minimum atomic E-state index is -4.52. The molecule has 1 aliphatic rings. The van der Waals surface area contributed by atoms with Crippen LogP contribution in [0, 0.1) is 0 Å². The van der Waals surface area contributed by atoms with Gasteiger partial charge in [-0.3, -0.25) is 18.4 Å². The highest BCUT2D eigenvalue weighted by Crippen LogP contribution is 2.47. The Morgan fingerprint density at radius 3 is 2.56 bits per heavy atom. The molecular formula is C27H37N6O11P. The number of aliphatic hydroxyl groups excluding tert-OH is 1. The van der Waals surface area contributed by atoms with Gasteiger partial charge in [0, 0.05) is 0 Å². The zero-order chi connectivity index (χ0) is 32.8. The number of carbonyl (C=O) groups is 2. The second kappa shape index (κ2) is 14.6. The van der Waals surface area contributed by atoms with Crippen molar-refractivity contribution in [2.75, 3.05) is 39.3 Å². The summed E-state index contributed by atoms with van der Waals surface area (Å²) in [5, 5.41) is 24.9. The summed E-state index contributed by atoms with van der Waals surface area (Å²) in [4.78, 5) is 37.3. The Bertz CT molecular complexity index is 1520. The van der Waals surface area contributed by atoms with Gasteiger partial charge in [0.1, 0.15) is 23.9 Å². The molecule has 0 saturated carbocycles. The number of nitrogens with zero attached hydrogens (tertiary/aromatic N) is 4. The number of nitrogens with one attached hydrogen (secondary N) is 1. The number of methoxy groups -OCH3 is 1. The van der Waals surface area contributed by atoms with E-state index in [1.54, 1.807) is 44.2 Å². The molecule has 3 heterocycles. The molecule has 6 atom stereocenters. The van der Waals surface area contributed by atoms with Gasteiger partial charge in [0.05, 0.1) is 33.3 Å². The lowest BCUT2D eigenvalue weighted by atomic mass is 9.96. The minimum Gasteiger partial charge on any atom is -0.479 e. The maximum atomic E-state index is 14.0. The number of aromatic nitrogens is 4. The number of esters is 2. The number of hydrogen-bond donors (Lipinski definition) is 4. The van der Waals surface area contributed by atoms with Crippen molar-refractivity contribution in [1.82, 2.24) is 24.6 Å². The van der Waals surface area contributed by atoms with E-state index in [2.05, 4.69) is 20.0 Å². The maximum absolute atomic E-state index is 14.0. The van der Waals surface area contributed by atoms with Gasteiger partial charge in [-0.05, 0) is 32.8 Å². The molecule has 1 aliphatic heterocycles. The third-order valence-corrected chi connectivity index (χ3v) is 8.43. The topological polar surface area (TPSA) is 229 Å². The molecule has 1 saturated heterocycles. The normalized spacial score (nSPS) is 23.4. The molecule has 18 heteroatoms. The lowest BCUT2D eigenvalue weighted by molar-refractivity contribution is -0.145. The maximum Gasteiger partial charge on any atom is 0.406 e. The van der Waals surface area contributed by atoms with E-state index in [1.165, 1.54) is 24.9 Å². The zero-order valence-corrected chi connectivity index (χ0v) is 26.1. The molecule has 0 amide bonds. The van der Waals surface area contributed by atoms with E-state index in [0.717, 1.165) is 0 Å². The molecule has 0 bridgehead atoms. The first kappa shape index (κ1) is 34.2. The first-order valence-corrected chi connectivity index (χ1v) is 15.6. The van der Waals surface area contributed by atoms with Crippen LogP contribution in [-0.2, 0) is 43.8 Å². The number of benzene rings is 1. The fraction of sp³-hybridized carbons (Fsp3) is 0.519. The lowest BCUT2D eigenvalue weighted by Crippen LogP contribution is -2.44. The van der Waals surface area contributed by atoms with Gasteiger partial charge in [-0.1, -0.05) is 30.3 Å². The van der Waals surface area contributed by atoms with Gasteiger partial charge in [0.15, 0.2) is 24.0 Å². The smallest absolute Gasteiger partial charge is 0.406 e. The number of carbonyl (C=O) groups excluding carboxylic acids is 2. The summed E-state index contributed by atoms with van der Waals surface area (Å²) in [7, 11) is -3.14. The average Bonchev–Trinajstić information content (AvgIpc) is 3.52. The molecule has 1 aromatic carbocycles. The number of hydrogen-bond acceptors (Lipinski definition) is 15. The number of nitrogens with two attached hydrogens (primary N) is 1. The van der Waals surface area contributed by atoms with Crippen LogP contribution in [0.2, 0.25) is 0 Å². The van der Waals surface area contributed by atoms with Gasteiger partial charge in [0.2, 0.25) is 11.8 Å². The molecule has 0 aliphatic carbocycles. The van der Waals surface area contributed by atoms with Crippen molar-refractivity contribution in [2.45, 2.75) is 57.3 Å². The summed E-state index contributed by atoms with van der Waals surface area (Å²) in [5.74, 6) is -1.61. The summed E-state index contributed by atoms with van der Waals surface area (Å²) < 4.78 is 47.6. The lowest BCUT2D eigenvalue weighted by Gasteiger charge is -2.27. The third kappa shape index (κ3) is 7.94. The van der Waals surface area contributed by atoms with Crippen molar-refractivity contribution in [2.24, 2.45) is 0 Å². The Morgan fingerprint density at radius 1 is 1.18 bits per heavy atom. The van der Waals surface area contributed by atoms with E-state index >= 15 is 0 Å². The Kier molecular flexibility index (Phi) is 11.1. The highest BCUT2D eigenvalue weighted by atomic mass is 31.2. The molecular weight excluding hydrogens is 615 g/mol. The molecule has 3 aromatic rings. The van der Waals surface area contributed by atoms with Crippen molar-refractivity contribution in [1.29, 1.82) is 0 Å². The zero-order valence-electron chi connectivity index (χ0n) is 25.2. The molecule has 246 valence electrons. The Hall–Kier alpha value is -3.70. The number of fused-ring (bicyclic) bond motifs is 1. The number of rotatable bonds is 15. The number of imidazole rings is 1. The Balaban J connectivity index is 1.58. The molecule has 1 fully saturated rings. The fourth-order valence-electron chi connectivity index (χ4n) is 4.69. The molecule has 17 nitrogen and oxygen atoms in total. The van der Waals surface area contributed by atoms with Gasteiger partial charge in [-0.25, -0.2) is 19.4 Å². The summed E-state index contributed by atoms with van der Waals surface area (Å²) in [5.41, 5.74) is 4.95. The van der Waals surface area contributed by atoms with Crippen LogP contribution in [0.15, 0.2) is 36.7 Å². The average molecular weight is 653 g/mol. The van der Waals surface area contributed by atoms with E-state index in [-0.39, 0.29) is 42.6 Å². The molecule has 0 radical (unpaired) electrons. The molecule has 2 aromatic heterocycles. The van der Waals surface area contributed by atoms with Crippen LogP contribution in [0.1, 0.15) is 32.6 Å². The predicted octanol–water partition coefficient (Wildman–Crippen LogP) is 0.895. The summed E-state index contributed by atoms with van der Waals surface area (Å²) in [6.45, 7) is 3.22. The molecule has 0 spiro atoms. The second-order valence-electron chi connectivity index (χ2n) is 10.1. The standard InChI is InChI=1S/C27H37N6O11P/c1-5-40-19(34)14-43-45(38,32-17(24(36)41-6-2)12-16-10-8-7-9-11-16)42-13-18-21(35)27(3,37)25(44-18)33-15-29-20-22(33)30-26(28)31-23(20)39-4/h7-11,15,17-18,21,25,35,37H,5-6,12-14H2,1-4H3,(H,32,38)(H2,28,30,31)/t17-,18+,21+,25+,27+,45?/m0/s1. The quantitative estimate of drug-likeness (QED) is 0.132. The SMILES string of the molecule is CCOC(=O)COP(=O)(N[C@@H](Cc1ccccc1)C(=O)OCC)OC[C@H]1O[C@@H](n2cnc3c(OC)nc(N)nc32)[C@](C)(O)[C@@H]1O. The predicted molar refractivity (Wildman–Crippen MR) is 157 cm³/mol. The number of aliphatic hydroxyl groups is 2. The van der Waals surface area contributed by atoms with E-state index in [1.807, 2.05) is 0 Å². The third-order valence-electron chi connectivity index (χ3n) is 6.84. The first-order chi connectivity index (χ1) is 21.4. The highest BCUT2D eigenvalue weighted by Gasteiger charge is 2.54. The van der Waals surface area contributed by atoms with Crippen LogP contribution in [-0.4, -0.2) is 99.1 Å². The van der Waals surface area contributed by atoms with E-state index < -0.39 is 63.0 Å². The van der Waals surface area contributed by atoms with Crippen LogP contribution in [0.25, 0.3) is 11.2 Å². The van der Waals surface area contributed by atoms with Gasteiger partial charge in [0.25, 0.3) is 0 Å².